The minimum Gasteiger partial charge on any atom is -0.508 e. The molecule has 1 saturated carbocycles. The van der Waals surface area contributed by atoms with Gasteiger partial charge in [0.05, 0.1) is 5.71 Å². The molecule has 5 nitrogen and oxygen atoms in total. The minimum absolute atomic E-state index is 0.00899. The summed E-state index contributed by atoms with van der Waals surface area (Å²) in [5.41, 5.74) is 3.57. The van der Waals surface area contributed by atoms with Gasteiger partial charge in [0.25, 0.3) is 0 Å². The second kappa shape index (κ2) is 6.41. The van der Waals surface area contributed by atoms with Gasteiger partial charge in [0, 0.05) is 17.5 Å². The molecule has 0 aliphatic heterocycles. The molecular formula is C15H20N2O3. The first-order valence-corrected chi connectivity index (χ1v) is 6.94. The van der Waals surface area contributed by atoms with Crippen LogP contribution in [0.5, 0.6) is 11.5 Å². The normalized spacial score (nSPS) is 16.9. The average Bonchev–Trinajstić information content (AvgIpc) is 2.45. The number of carbonyl (C=O) groups excluding carboxylic acids is 1. The molecule has 0 spiro atoms. The standard InChI is InChI=1S/C15H20N2O3/c1-10(13-8-7-12(18)9-14(13)19)16-17-15(20)11-5-3-2-4-6-11/h7-9,11,18-19H,2-6H2,1H3,(H,17,20)/b16-10+. The molecular weight excluding hydrogens is 256 g/mol. The van der Waals surface area contributed by atoms with Crippen molar-refractivity contribution in [1.29, 1.82) is 0 Å². The van der Waals surface area contributed by atoms with Crippen LogP contribution < -0.4 is 5.43 Å². The predicted molar refractivity (Wildman–Crippen MR) is 76.7 cm³/mol. The largest absolute Gasteiger partial charge is 0.508 e. The van der Waals surface area contributed by atoms with Crippen LogP contribution in [0.15, 0.2) is 23.3 Å². The number of hydrogen-bond donors (Lipinski definition) is 3. The van der Waals surface area contributed by atoms with Crippen LogP contribution in [0.2, 0.25) is 0 Å². The van der Waals surface area contributed by atoms with E-state index in [0.717, 1.165) is 25.7 Å². The number of benzene rings is 1. The van der Waals surface area contributed by atoms with E-state index in [9.17, 15) is 15.0 Å². The van der Waals surface area contributed by atoms with Crippen LogP contribution in [0.25, 0.3) is 0 Å². The maximum Gasteiger partial charge on any atom is 0.243 e. The summed E-state index contributed by atoms with van der Waals surface area (Å²) in [7, 11) is 0. The highest BCUT2D eigenvalue weighted by molar-refractivity contribution is 6.01. The fourth-order valence-corrected chi connectivity index (χ4v) is 2.48. The van der Waals surface area contributed by atoms with Crippen molar-refractivity contribution in [1.82, 2.24) is 5.43 Å². The van der Waals surface area contributed by atoms with Crippen molar-refractivity contribution in [2.45, 2.75) is 39.0 Å². The molecule has 1 amide bonds. The lowest BCUT2D eigenvalue weighted by Crippen LogP contribution is -2.29. The van der Waals surface area contributed by atoms with E-state index < -0.39 is 0 Å². The highest BCUT2D eigenvalue weighted by atomic mass is 16.3. The summed E-state index contributed by atoms with van der Waals surface area (Å²) >= 11 is 0. The number of rotatable bonds is 3. The molecule has 5 heteroatoms. The van der Waals surface area contributed by atoms with Crippen LogP contribution in [0.1, 0.15) is 44.6 Å². The molecule has 1 aromatic carbocycles. The lowest BCUT2D eigenvalue weighted by Gasteiger charge is -2.19. The summed E-state index contributed by atoms with van der Waals surface area (Å²) in [5, 5.41) is 23.0. The predicted octanol–water partition coefficient (Wildman–Crippen LogP) is 2.52. The van der Waals surface area contributed by atoms with Crippen molar-refractivity contribution in [3.8, 4) is 11.5 Å². The molecule has 0 aromatic heterocycles. The summed E-state index contributed by atoms with van der Waals surface area (Å²) in [5.74, 6) is -0.0699. The van der Waals surface area contributed by atoms with E-state index in [1.807, 2.05) is 0 Å². The Hall–Kier alpha value is -2.04. The number of nitrogens with one attached hydrogen (secondary N) is 1. The average molecular weight is 276 g/mol. The molecule has 2 rings (SSSR count). The molecule has 1 fully saturated rings. The van der Waals surface area contributed by atoms with E-state index in [1.165, 1.54) is 18.6 Å². The van der Waals surface area contributed by atoms with Gasteiger partial charge in [0.1, 0.15) is 11.5 Å². The number of aromatic hydroxyl groups is 2. The minimum atomic E-state index is -0.0573. The Bertz CT molecular complexity index is 520. The van der Waals surface area contributed by atoms with Crippen molar-refractivity contribution in [2.24, 2.45) is 11.0 Å². The monoisotopic (exact) mass is 276 g/mol. The van der Waals surface area contributed by atoms with Gasteiger partial charge in [-0.25, -0.2) is 5.43 Å². The van der Waals surface area contributed by atoms with Gasteiger partial charge in [-0.15, -0.1) is 0 Å². The molecule has 1 aliphatic rings. The lowest BCUT2D eigenvalue weighted by molar-refractivity contribution is -0.125. The molecule has 3 N–H and O–H groups in total. The number of phenolic OH excluding ortho intramolecular Hbond substituents is 2. The zero-order valence-electron chi connectivity index (χ0n) is 11.6. The fraction of sp³-hybridized carbons (Fsp3) is 0.467. The van der Waals surface area contributed by atoms with Crippen LogP contribution in [0.3, 0.4) is 0 Å². The third kappa shape index (κ3) is 3.50. The second-order valence-electron chi connectivity index (χ2n) is 5.21. The van der Waals surface area contributed by atoms with Crippen molar-refractivity contribution < 1.29 is 15.0 Å². The Labute approximate surface area is 118 Å². The summed E-state index contributed by atoms with van der Waals surface area (Å²) in [6, 6.07) is 4.28. The smallest absolute Gasteiger partial charge is 0.243 e. The number of nitrogens with zero attached hydrogens (tertiary/aromatic N) is 1. The van der Waals surface area contributed by atoms with Gasteiger partial charge < -0.3 is 10.2 Å². The Kier molecular flexibility index (Phi) is 4.61. The molecule has 0 unspecified atom stereocenters. The Morgan fingerprint density at radius 1 is 1.25 bits per heavy atom. The topological polar surface area (TPSA) is 81.9 Å². The van der Waals surface area contributed by atoms with Gasteiger partial charge in [-0.05, 0) is 31.9 Å². The van der Waals surface area contributed by atoms with E-state index in [0.29, 0.717) is 11.3 Å². The maximum atomic E-state index is 12.0. The van der Waals surface area contributed by atoms with Crippen molar-refractivity contribution in [3.05, 3.63) is 23.8 Å². The van der Waals surface area contributed by atoms with Gasteiger partial charge in [0.2, 0.25) is 5.91 Å². The van der Waals surface area contributed by atoms with Gasteiger partial charge in [-0.2, -0.15) is 5.10 Å². The van der Waals surface area contributed by atoms with Gasteiger partial charge in [-0.3, -0.25) is 4.79 Å². The number of hydrazone groups is 1. The van der Waals surface area contributed by atoms with Crippen LogP contribution in [0.4, 0.5) is 0 Å². The van der Waals surface area contributed by atoms with Crippen LogP contribution in [0, 0.1) is 5.92 Å². The summed E-state index contributed by atoms with van der Waals surface area (Å²) < 4.78 is 0. The summed E-state index contributed by atoms with van der Waals surface area (Å²) in [4.78, 5) is 12.0. The van der Waals surface area contributed by atoms with Crippen LogP contribution >= 0.6 is 0 Å². The highest BCUT2D eigenvalue weighted by Gasteiger charge is 2.20. The van der Waals surface area contributed by atoms with Gasteiger partial charge in [0.15, 0.2) is 0 Å². The Balaban J connectivity index is 2.01. The number of phenols is 2. The van der Waals surface area contributed by atoms with E-state index in [2.05, 4.69) is 10.5 Å². The summed E-state index contributed by atoms with van der Waals surface area (Å²) in [6.45, 7) is 1.70. The number of hydrogen-bond acceptors (Lipinski definition) is 4. The molecule has 1 aromatic rings. The third-order valence-corrected chi connectivity index (χ3v) is 3.68. The number of carbonyl (C=O) groups is 1. The lowest BCUT2D eigenvalue weighted by atomic mass is 9.89. The second-order valence-corrected chi connectivity index (χ2v) is 5.21. The quantitative estimate of drug-likeness (QED) is 0.586. The van der Waals surface area contributed by atoms with Crippen molar-refractivity contribution in [2.75, 3.05) is 0 Å². The van der Waals surface area contributed by atoms with E-state index in [4.69, 9.17) is 0 Å². The Morgan fingerprint density at radius 2 is 1.95 bits per heavy atom. The van der Waals surface area contributed by atoms with Gasteiger partial charge >= 0.3 is 0 Å². The maximum absolute atomic E-state index is 12.0. The van der Waals surface area contributed by atoms with Crippen molar-refractivity contribution >= 4 is 11.6 Å². The molecule has 0 radical (unpaired) electrons. The Morgan fingerprint density at radius 3 is 2.60 bits per heavy atom. The summed E-state index contributed by atoms with van der Waals surface area (Å²) in [6.07, 6.45) is 5.24. The number of amides is 1. The third-order valence-electron chi connectivity index (χ3n) is 3.68. The first-order chi connectivity index (χ1) is 9.58. The zero-order chi connectivity index (χ0) is 14.5. The molecule has 0 atom stereocenters. The molecule has 0 saturated heterocycles. The zero-order valence-corrected chi connectivity index (χ0v) is 11.6. The van der Waals surface area contributed by atoms with E-state index >= 15 is 0 Å². The first-order valence-electron chi connectivity index (χ1n) is 6.94. The SMILES string of the molecule is C/C(=N\NC(=O)C1CCCCC1)c1ccc(O)cc1O. The molecule has 1 aliphatic carbocycles. The first kappa shape index (κ1) is 14.4. The van der Waals surface area contributed by atoms with E-state index in [1.54, 1.807) is 13.0 Å². The molecule has 0 heterocycles. The molecule has 108 valence electrons. The van der Waals surface area contributed by atoms with Crippen molar-refractivity contribution in [3.63, 3.8) is 0 Å². The fourth-order valence-electron chi connectivity index (χ4n) is 2.48. The van der Waals surface area contributed by atoms with Gasteiger partial charge in [-0.1, -0.05) is 19.3 Å². The van der Waals surface area contributed by atoms with Crippen LogP contribution in [-0.2, 0) is 4.79 Å². The molecule has 20 heavy (non-hydrogen) atoms. The molecule has 0 bridgehead atoms. The van der Waals surface area contributed by atoms with E-state index in [-0.39, 0.29) is 23.3 Å². The van der Waals surface area contributed by atoms with Crippen LogP contribution in [-0.4, -0.2) is 21.8 Å². The highest BCUT2D eigenvalue weighted by Crippen LogP contribution is 2.24.